The summed E-state index contributed by atoms with van der Waals surface area (Å²) in [7, 11) is 0. The SMILES string of the molecule is CC(C)CCn1cc(-c2nc3c([nH]2)CCN[C@@H]3C(=O)O)cn1. The number of nitrogens with one attached hydrogen (secondary N) is 2. The van der Waals surface area contributed by atoms with E-state index in [1.165, 1.54) is 0 Å². The van der Waals surface area contributed by atoms with Crippen molar-refractivity contribution >= 4 is 5.97 Å². The number of aromatic amines is 1. The Kier molecular flexibility index (Phi) is 3.98. The molecule has 3 heterocycles. The van der Waals surface area contributed by atoms with Crippen molar-refractivity contribution in [1.29, 1.82) is 0 Å². The van der Waals surface area contributed by atoms with Crippen molar-refractivity contribution in [3.63, 3.8) is 0 Å². The first-order chi connectivity index (χ1) is 10.5. The minimum atomic E-state index is -0.897. The number of hydrogen-bond donors (Lipinski definition) is 3. The van der Waals surface area contributed by atoms with Gasteiger partial charge in [-0.2, -0.15) is 5.10 Å². The number of carbonyl (C=O) groups is 1. The molecule has 0 aromatic carbocycles. The van der Waals surface area contributed by atoms with Gasteiger partial charge in [-0.3, -0.25) is 14.8 Å². The molecule has 0 bridgehead atoms. The van der Waals surface area contributed by atoms with Crippen LogP contribution in [0.25, 0.3) is 11.4 Å². The number of imidazole rings is 1. The molecule has 0 unspecified atom stereocenters. The molecule has 0 saturated heterocycles. The van der Waals surface area contributed by atoms with Crippen molar-refractivity contribution in [3.8, 4) is 11.4 Å². The highest BCUT2D eigenvalue weighted by Gasteiger charge is 2.29. The number of fused-ring (bicyclic) bond motifs is 1. The lowest BCUT2D eigenvalue weighted by molar-refractivity contribution is -0.139. The van der Waals surface area contributed by atoms with Gasteiger partial charge < -0.3 is 10.1 Å². The van der Waals surface area contributed by atoms with E-state index in [4.69, 9.17) is 0 Å². The molecule has 1 aliphatic heterocycles. The van der Waals surface area contributed by atoms with E-state index in [9.17, 15) is 9.90 Å². The standard InChI is InChI=1S/C15H21N5O2/c1-9(2)4-6-20-8-10(7-17-20)14-18-11-3-5-16-13(15(21)22)12(11)19-14/h7-9,13,16H,3-6H2,1-2H3,(H,18,19)(H,21,22)/t13-/m0/s1. The van der Waals surface area contributed by atoms with Crippen LogP contribution in [0.4, 0.5) is 0 Å². The molecule has 0 saturated carbocycles. The smallest absolute Gasteiger partial charge is 0.327 e. The van der Waals surface area contributed by atoms with E-state index in [1.54, 1.807) is 6.20 Å². The number of carboxylic acid groups (broad SMARTS) is 1. The third-order valence-corrected chi connectivity index (χ3v) is 3.90. The van der Waals surface area contributed by atoms with Crippen LogP contribution in [0.1, 0.15) is 37.7 Å². The van der Waals surface area contributed by atoms with Gasteiger partial charge >= 0.3 is 5.97 Å². The van der Waals surface area contributed by atoms with E-state index in [0.29, 0.717) is 24.0 Å². The molecule has 7 heteroatoms. The van der Waals surface area contributed by atoms with E-state index in [0.717, 1.165) is 30.6 Å². The maximum absolute atomic E-state index is 11.3. The quantitative estimate of drug-likeness (QED) is 0.779. The number of rotatable bonds is 5. The highest BCUT2D eigenvalue weighted by molar-refractivity contribution is 5.76. The minimum Gasteiger partial charge on any atom is -0.480 e. The average molecular weight is 303 g/mol. The van der Waals surface area contributed by atoms with Gasteiger partial charge in [-0.25, -0.2) is 4.98 Å². The second-order valence-corrected chi connectivity index (χ2v) is 6.10. The van der Waals surface area contributed by atoms with Crippen LogP contribution in [0, 0.1) is 5.92 Å². The lowest BCUT2D eigenvalue weighted by Crippen LogP contribution is -2.35. The van der Waals surface area contributed by atoms with E-state index in [2.05, 4.69) is 34.2 Å². The van der Waals surface area contributed by atoms with Crippen LogP contribution in [0.3, 0.4) is 0 Å². The minimum absolute atomic E-state index is 0.587. The van der Waals surface area contributed by atoms with Crippen LogP contribution in [0.5, 0.6) is 0 Å². The average Bonchev–Trinajstić information content (AvgIpc) is 3.10. The number of aromatic nitrogens is 4. The molecule has 0 aliphatic carbocycles. The Morgan fingerprint density at radius 2 is 2.36 bits per heavy atom. The van der Waals surface area contributed by atoms with Gasteiger partial charge in [0, 0.05) is 31.4 Å². The lowest BCUT2D eigenvalue weighted by atomic mass is 10.1. The third kappa shape index (κ3) is 2.89. The molecule has 0 radical (unpaired) electrons. The molecule has 22 heavy (non-hydrogen) atoms. The van der Waals surface area contributed by atoms with Gasteiger partial charge in [0.05, 0.1) is 17.5 Å². The molecule has 2 aromatic rings. The predicted octanol–water partition coefficient (Wildman–Crippen LogP) is 1.59. The van der Waals surface area contributed by atoms with E-state index in [1.807, 2.05) is 10.9 Å². The van der Waals surface area contributed by atoms with Crippen LogP contribution in [0.15, 0.2) is 12.4 Å². The number of nitrogens with zero attached hydrogens (tertiary/aromatic N) is 3. The zero-order valence-electron chi connectivity index (χ0n) is 12.8. The van der Waals surface area contributed by atoms with Crippen LogP contribution in [0.2, 0.25) is 0 Å². The van der Waals surface area contributed by atoms with Gasteiger partial charge in [-0.1, -0.05) is 13.8 Å². The van der Waals surface area contributed by atoms with Crippen molar-refractivity contribution in [2.75, 3.05) is 6.54 Å². The van der Waals surface area contributed by atoms with E-state index >= 15 is 0 Å². The Bertz CT molecular complexity index is 673. The van der Waals surface area contributed by atoms with Gasteiger partial charge in [0.25, 0.3) is 0 Å². The molecular weight excluding hydrogens is 282 g/mol. The summed E-state index contributed by atoms with van der Waals surface area (Å²) in [5.74, 6) is 0.424. The summed E-state index contributed by atoms with van der Waals surface area (Å²) in [5.41, 5.74) is 2.38. The van der Waals surface area contributed by atoms with Gasteiger partial charge in [-0.05, 0) is 12.3 Å². The number of H-pyrrole nitrogens is 1. The normalized spacial score (nSPS) is 17.7. The fraction of sp³-hybridized carbons (Fsp3) is 0.533. The highest BCUT2D eigenvalue weighted by atomic mass is 16.4. The van der Waals surface area contributed by atoms with Gasteiger partial charge in [-0.15, -0.1) is 0 Å². The third-order valence-electron chi connectivity index (χ3n) is 3.90. The second kappa shape index (κ2) is 5.92. The monoisotopic (exact) mass is 303 g/mol. The largest absolute Gasteiger partial charge is 0.480 e. The Hall–Kier alpha value is -2.15. The molecule has 3 rings (SSSR count). The number of aliphatic carboxylic acids is 1. The zero-order valence-corrected chi connectivity index (χ0v) is 12.8. The van der Waals surface area contributed by atoms with Crippen LogP contribution in [-0.2, 0) is 17.8 Å². The van der Waals surface area contributed by atoms with Gasteiger partial charge in [0.1, 0.15) is 5.82 Å². The molecular formula is C15H21N5O2. The topological polar surface area (TPSA) is 95.8 Å². The molecule has 3 N–H and O–H groups in total. The van der Waals surface area contributed by atoms with Crippen LogP contribution >= 0.6 is 0 Å². The Labute approximate surface area is 128 Å². The zero-order chi connectivity index (χ0) is 15.7. The number of aryl methyl sites for hydroxylation is 1. The van der Waals surface area contributed by atoms with Crippen LogP contribution < -0.4 is 5.32 Å². The van der Waals surface area contributed by atoms with Crippen molar-refractivity contribution in [2.24, 2.45) is 5.92 Å². The summed E-state index contributed by atoms with van der Waals surface area (Å²) in [6, 6.07) is -0.732. The maximum atomic E-state index is 11.3. The molecule has 1 aliphatic rings. The molecule has 2 aromatic heterocycles. The first kappa shape index (κ1) is 14.8. The predicted molar refractivity (Wildman–Crippen MR) is 81.3 cm³/mol. The first-order valence-corrected chi connectivity index (χ1v) is 7.62. The Morgan fingerprint density at radius 3 is 3.09 bits per heavy atom. The summed E-state index contributed by atoms with van der Waals surface area (Å²) >= 11 is 0. The van der Waals surface area contributed by atoms with Gasteiger partial charge in [0.2, 0.25) is 0 Å². The summed E-state index contributed by atoms with van der Waals surface area (Å²) in [5, 5.41) is 16.6. The Morgan fingerprint density at radius 1 is 1.55 bits per heavy atom. The Balaban J connectivity index is 1.83. The summed E-state index contributed by atoms with van der Waals surface area (Å²) in [6.45, 7) is 5.88. The first-order valence-electron chi connectivity index (χ1n) is 7.62. The molecule has 0 fully saturated rings. The van der Waals surface area contributed by atoms with Crippen molar-refractivity contribution in [2.45, 2.75) is 39.3 Å². The van der Waals surface area contributed by atoms with Crippen molar-refractivity contribution in [1.82, 2.24) is 25.1 Å². The highest BCUT2D eigenvalue weighted by Crippen LogP contribution is 2.25. The molecule has 1 atom stereocenters. The molecule has 0 amide bonds. The fourth-order valence-electron chi connectivity index (χ4n) is 2.63. The van der Waals surface area contributed by atoms with E-state index in [-0.39, 0.29) is 0 Å². The fourth-order valence-corrected chi connectivity index (χ4v) is 2.63. The molecule has 7 nitrogen and oxygen atoms in total. The summed E-state index contributed by atoms with van der Waals surface area (Å²) in [4.78, 5) is 19.0. The second-order valence-electron chi connectivity index (χ2n) is 6.10. The lowest BCUT2D eigenvalue weighted by Gasteiger charge is -2.18. The summed E-state index contributed by atoms with van der Waals surface area (Å²) in [6.07, 6.45) is 5.55. The van der Waals surface area contributed by atoms with Crippen molar-refractivity contribution in [3.05, 3.63) is 23.8 Å². The van der Waals surface area contributed by atoms with Crippen LogP contribution in [-0.4, -0.2) is 37.4 Å². The molecule has 118 valence electrons. The maximum Gasteiger partial charge on any atom is 0.327 e. The number of hydrogen-bond acceptors (Lipinski definition) is 4. The number of carboxylic acids is 1. The van der Waals surface area contributed by atoms with E-state index < -0.39 is 12.0 Å². The summed E-state index contributed by atoms with van der Waals surface area (Å²) < 4.78 is 1.91. The van der Waals surface area contributed by atoms with Gasteiger partial charge in [0.15, 0.2) is 6.04 Å². The molecule has 0 spiro atoms. The van der Waals surface area contributed by atoms with Crippen molar-refractivity contribution < 1.29 is 9.90 Å².